The van der Waals surface area contributed by atoms with Gasteiger partial charge in [0.15, 0.2) is 6.61 Å². The van der Waals surface area contributed by atoms with Crippen LogP contribution >= 0.6 is 0 Å². The van der Waals surface area contributed by atoms with Crippen molar-refractivity contribution in [3.63, 3.8) is 0 Å². The van der Waals surface area contributed by atoms with Crippen molar-refractivity contribution < 1.29 is 41.5 Å². The average molecular weight is 416 g/mol. The van der Waals surface area contributed by atoms with Crippen LogP contribution in [0.5, 0.6) is 5.75 Å². The molecule has 8 nitrogen and oxygen atoms in total. The van der Waals surface area contributed by atoms with Crippen molar-refractivity contribution in [3.8, 4) is 5.75 Å². The molecule has 1 amide bonds. The van der Waals surface area contributed by atoms with E-state index in [1.165, 1.54) is 13.2 Å². The normalized spacial score (nSPS) is 10.9. The molecule has 0 atom stereocenters. The first-order valence-corrected chi connectivity index (χ1v) is 7.69. The van der Waals surface area contributed by atoms with Gasteiger partial charge in [-0.3, -0.25) is 14.9 Å². The van der Waals surface area contributed by atoms with E-state index in [2.05, 4.69) is 4.74 Å². The zero-order valence-electron chi connectivity index (χ0n) is 14.6. The Morgan fingerprint density at radius 3 is 2.41 bits per heavy atom. The molecule has 0 aliphatic carbocycles. The van der Waals surface area contributed by atoms with Crippen molar-refractivity contribution in [1.29, 1.82) is 0 Å². The van der Waals surface area contributed by atoms with Crippen LogP contribution in [0.3, 0.4) is 0 Å². The van der Waals surface area contributed by atoms with E-state index in [9.17, 15) is 37.3 Å². The van der Waals surface area contributed by atoms with Crippen LogP contribution in [-0.4, -0.2) is 30.5 Å². The number of carbonyl (C=O) groups excluding carboxylic acids is 2. The van der Waals surface area contributed by atoms with Gasteiger partial charge in [-0.1, -0.05) is 0 Å². The van der Waals surface area contributed by atoms with Crippen LogP contribution < -0.4 is 10.1 Å². The van der Waals surface area contributed by atoms with E-state index in [4.69, 9.17) is 4.74 Å². The molecule has 1 N–H and O–H groups in total. The summed E-state index contributed by atoms with van der Waals surface area (Å²) < 4.78 is 62.4. The van der Waals surface area contributed by atoms with E-state index in [-0.39, 0.29) is 11.8 Å². The molecule has 2 aromatic carbocycles. The fourth-order valence-electron chi connectivity index (χ4n) is 2.17. The Bertz CT molecular complexity index is 961. The maximum atomic E-state index is 13.8. The Morgan fingerprint density at radius 1 is 1.17 bits per heavy atom. The third-order valence-corrected chi connectivity index (χ3v) is 3.52. The number of nitro groups is 1. The maximum absolute atomic E-state index is 13.8. The molecule has 0 aromatic heterocycles. The lowest BCUT2D eigenvalue weighted by atomic mass is 10.1. The number of nitro benzene ring substituents is 1. The Morgan fingerprint density at radius 2 is 1.86 bits per heavy atom. The molecule has 154 valence electrons. The van der Waals surface area contributed by atoms with Gasteiger partial charge in [-0.05, 0) is 18.2 Å². The van der Waals surface area contributed by atoms with Gasteiger partial charge in [0.2, 0.25) is 0 Å². The maximum Gasteiger partial charge on any atom is 0.418 e. The molecule has 29 heavy (non-hydrogen) atoms. The van der Waals surface area contributed by atoms with Crippen molar-refractivity contribution in [3.05, 3.63) is 63.5 Å². The molecule has 0 aliphatic heterocycles. The van der Waals surface area contributed by atoms with E-state index in [0.29, 0.717) is 6.07 Å². The van der Waals surface area contributed by atoms with E-state index >= 15 is 0 Å². The SMILES string of the molecule is COc1ccc(C(=O)OCC(=O)Nc2ccc([N+](=O)[O-])cc2C(F)(F)F)c(F)c1. The predicted octanol–water partition coefficient (Wildman–Crippen LogP) is 3.56. The van der Waals surface area contributed by atoms with E-state index in [0.717, 1.165) is 18.2 Å². The van der Waals surface area contributed by atoms with Gasteiger partial charge in [-0.15, -0.1) is 0 Å². The molecule has 0 radical (unpaired) electrons. The predicted molar refractivity (Wildman–Crippen MR) is 90.0 cm³/mol. The smallest absolute Gasteiger partial charge is 0.418 e. The number of anilines is 1. The molecule has 2 aromatic rings. The molecule has 0 unspecified atom stereocenters. The number of nitrogens with zero attached hydrogens (tertiary/aromatic N) is 1. The quantitative estimate of drug-likeness (QED) is 0.334. The molecule has 0 heterocycles. The van der Waals surface area contributed by atoms with Crippen molar-refractivity contribution in [2.45, 2.75) is 6.18 Å². The molecule has 0 spiro atoms. The van der Waals surface area contributed by atoms with Gasteiger partial charge < -0.3 is 14.8 Å². The number of carbonyl (C=O) groups is 2. The zero-order chi connectivity index (χ0) is 21.8. The summed E-state index contributed by atoms with van der Waals surface area (Å²) in [5.41, 5.74) is -3.55. The van der Waals surface area contributed by atoms with Crippen LogP contribution in [-0.2, 0) is 15.7 Å². The summed E-state index contributed by atoms with van der Waals surface area (Å²) in [6.07, 6.45) is -4.99. The summed E-state index contributed by atoms with van der Waals surface area (Å²) in [6, 6.07) is 4.95. The van der Waals surface area contributed by atoms with Gasteiger partial charge in [0, 0.05) is 18.2 Å². The minimum Gasteiger partial charge on any atom is -0.497 e. The first kappa shape index (κ1) is 21.6. The van der Waals surface area contributed by atoms with Gasteiger partial charge in [-0.25, -0.2) is 9.18 Å². The highest BCUT2D eigenvalue weighted by atomic mass is 19.4. The Labute approximate surface area is 160 Å². The third kappa shape index (κ3) is 5.40. The minimum absolute atomic E-state index is 0.134. The van der Waals surface area contributed by atoms with Crippen molar-refractivity contribution in [2.75, 3.05) is 19.0 Å². The monoisotopic (exact) mass is 416 g/mol. The fourth-order valence-corrected chi connectivity index (χ4v) is 2.17. The van der Waals surface area contributed by atoms with Crippen LogP contribution in [0.2, 0.25) is 0 Å². The molecule has 0 aliphatic rings. The molecular formula is C17H12F4N2O6. The van der Waals surface area contributed by atoms with Gasteiger partial charge in [0.25, 0.3) is 11.6 Å². The van der Waals surface area contributed by atoms with Gasteiger partial charge in [-0.2, -0.15) is 13.2 Å². The molecule has 0 saturated carbocycles. The number of amides is 1. The van der Waals surface area contributed by atoms with Crippen molar-refractivity contribution in [2.24, 2.45) is 0 Å². The van der Waals surface area contributed by atoms with Crippen LogP contribution in [0.4, 0.5) is 28.9 Å². The number of non-ortho nitro benzene ring substituents is 1. The number of esters is 1. The molecule has 2 rings (SSSR count). The Kier molecular flexibility index (Phi) is 6.36. The van der Waals surface area contributed by atoms with Crippen LogP contribution in [0.25, 0.3) is 0 Å². The number of ether oxygens (including phenoxy) is 2. The van der Waals surface area contributed by atoms with E-state index in [1.807, 2.05) is 5.32 Å². The largest absolute Gasteiger partial charge is 0.497 e. The molecule has 0 fully saturated rings. The summed E-state index contributed by atoms with van der Waals surface area (Å²) in [5.74, 6) is -3.23. The third-order valence-electron chi connectivity index (χ3n) is 3.52. The number of hydrogen-bond donors (Lipinski definition) is 1. The lowest BCUT2D eigenvalue weighted by Gasteiger charge is -2.13. The van der Waals surface area contributed by atoms with Crippen molar-refractivity contribution in [1.82, 2.24) is 0 Å². The summed E-state index contributed by atoms with van der Waals surface area (Å²) >= 11 is 0. The number of halogens is 4. The molecule has 12 heteroatoms. The fraction of sp³-hybridized carbons (Fsp3) is 0.176. The lowest BCUT2D eigenvalue weighted by Crippen LogP contribution is -2.23. The minimum atomic E-state index is -4.99. The highest BCUT2D eigenvalue weighted by molar-refractivity contribution is 5.96. The Hall–Kier alpha value is -3.70. The summed E-state index contributed by atoms with van der Waals surface area (Å²) in [5, 5.41) is 12.5. The number of benzene rings is 2. The number of rotatable bonds is 6. The highest BCUT2D eigenvalue weighted by Crippen LogP contribution is 2.37. The number of hydrogen-bond acceptors (Lipinski definition) is 6. The van der Waals surface area contributed by atoms with Crippen LogP contribution in [0.15, 0.2) is 36.4 Å². The molecular weight excluding hydrogens is 404 g/mol. The molecule has 0 saturated heterocycles. The highest BCUT2D eigenvalue weighted by Gasteiger charge is 2.35. The number of alkyl halides is 3. The van der Waals surface area contributed by atoms with E-state index < -0.39 is 57.9 Å². The van der Waals surface area contributed by atoms with Crippen LogP contribution in [0.1, 0.15) is 15.9 Å². The second-order valence-electron chi connectivity index (χ2n) is 5.45. The zero-order valence-corrected chi connectivity index (χ0v) is 14.6. The van der Waals surface area contributed by atoms with E-state index in [1.54, 1.807) is 0 Å². The topological polar surface area (TPSA) is 108 Å². The average Bonchev–Trinajstić information content (AvgIpc) is 2.65. The second kappa shape index (κ2) is 8.54. The van der Waals surface area contributed by atoms with Crippen LogP contribution in [0, 0.1) is 15.9 Å². The first-order valence-electron chi connectivity index (χ1n) is 7.69. The lowest BCUT2D eigenvalue weighted by molar-refractivity contribution is -0.385. The Balaban J connectivity index is 2.09. The second-order valence-corrected chi connectivity index (χ2v) is 5.45. The number of methoxy groups -OCH3 is 1. The van der Waals surface area contributed by atoms with Gasteiger partial charge >= 0.3 is 12.1 Å². The van der Waals surface area contributed by atoms with Crippen molar-refractivity contribution >= 4 is 23.3 Å². The van der Waals surface area contributed by atoms with Gasteiger partial charge in [0.1, 0.15) is 11.6 Å². The first-order chi connectivity index (χ1) is 13.5. The summed E-state index contributed by atoms with van der Waals surface area (Å²) in [4.78, 5) is 33.3. The standard InChI is InChI=1S/C17H12F4N2O6/c1-28-10-3-4-11(13(18)7-10)16(25)29-8-15(24)22-14-5-2-9(23(26)27)6-12(14)17(19,20)21/h2-7H,8H2,1H3,(H,22,24). The number of nitrogens with one attached hydrogen (secondary N) is 1. The summed E-state index contributed by atoms with van der Waals surface area (Å²) in [6.45, 7) is -1.02. The van der Waals surface area contributed by atoms with Gasteiger partial charge in [0.05, 0.1) is 28.8 Å². The molecule has 0 bridgehead atoms. The summed E-state index contributed by atoms with van der Waals surface area (Å²) in [7, 11) is 1.28.